The van der Waals surface area contributed by atoms with E-state index in [1.165, 1.54) is 4.90 Å². The Kier molecular flexibility index (Phi) is 3.65. The SMILES string of the molecule is Cc1cccc(CC(=O)N2CCCC2C(=O)O)c1. The number of hydrogen-bond donors (Lipinski definition) is 1. The van der Waals surface area contributed by atoms with Crippen molar-refractivity contribution in [3.05, 3.63) is 35.4 Å². The van der Waals surface area contributed by atoms with Crippen LogP contribution >= 0.6 is 0 Å². The van der Waals surface area contributed by atoms with Crippen LogP contribution < -0.4 is 0 Å². The standard InChI is InChI=1S/C14H17NO3/c1-10-4-2-5-11(8-10)9-13(16)15-7-3-6-12(15)14(17)18/h2,4-5,8,12H,3,6-7,9H2,1H3,(H,17,18). The minimum absolute atomic E-state index is 0.0921. The molecule has 1 aromatic carbocycles. The van der Waals surface area contributed by atoms with Crippen LogP contribution in [-0.2, 0) is 16.0 Å². The van der Waals surface area contributed by atoms with Crippen LogP contribution in [0.5, 0.6) is 0 Å². The minimum Gasteiger partial charge on any atom is -0.480 e. The molecule has 4 nitrogen and oxygen atoms in total. The van der Waals surface area contributed by atoms with Gasteiger partial charge in [-0.2, -0.15) is 0 Å². The fourth-order valence-corrected chi connectivity index (χ4v) is 2.42. The molecule has 1 unspecified atom stereocenters. The highest BCUT2D eigenvalue weighted by Crippen LogP contribution is 2.19. The van der Waals surface area contributed by atoms with Crippen LogP contribution in [0.2, 0.25) is 0 Å². The molecular weight excluding hydrogens is 230 g/mol. The quantitative estimate of drug-likeness (QED) is 0.882. The Morgan fingerprint density at radius 1 is 1.44 bits per heavy atom. The summed E-state index contributed by atoms with van der Waals surface area (Å²) in [6.07, 6.45) is 1.62. The first-order valence-corrected chi connectivity index (χ1v) is 6.16. The van der Waals surface area contributed by atoms with Crippen molar-refractivity contribution in [3.63, 3.8) is 0 Å². The average Bonchev–Trinajstić information content (AvgIpc) is 2.77. The van der Waals surface area contributed by atoms with Gasteiger partial charge < -0.3 is 10.0 Å². The van der Waals surface area contributed by atoms with Crippen molar-refractivity contribution in [1.29, 1.82) is 0 Å². The van der Waals surface area contributed by atoms with Crippen molar-refractivity contribution in [3.8, 4) is 0 Å². The van der Waals surface area contributed by atoms with E-state index in [2.05, 4.69) is 0 Å². The number of aliphatic carboxylic acids is 1. The number of amides is 1. The van der Waals surface area contributed by atoms with E-state index >= 15 is 0 Å². The van der Waals surface area contributed by atoms with E-state index in [4.69, 9.17) is 5.11 Å². The third kappa shape index (κ3) is 2.70. The van der Waals surface area contributed by atoms with Gasteiger partial charge in [-0.3, -0.25) is 4.79 Å². The van der Waals surface area contributed by atoms with Crippen LogP contribution in [0.25, 0.3) is 0 Å². The van der Waals surface area contributed by atoms with Gasteiger partial charge in [-0.25, -0.2) is 4.79 Å². The molecule has 1 aromatic rings. The van der Waals surface area contributed by atoms with Gasteiger partial charge in [0, 0.05) is 6.54 Å². The number of benzene rings is 1. The van der Waals surface area contributed by atoms with E-state index in [0.717, 1.165) is 17.5 Å². The molecule has 0 radical (unpaired) electrons. The summed E-state index contributed by atoms with van der Waals surface area (Å²) in [6, 6.07) is 7.11. The van der Waals surface area contributed by atoms with E-state index < -0.39 is 12.0 Å². The smallest absolute Gasteiger partial charge is 0.326 e. The topological polar surface area (TPSA) is 57.6 Å². The fourth-order valence-electron chi connectivity index (χ4n) is 2.42. The minimum atomic E-state index is -0.898. The Labute approximate surface area is 106 Å². The van der Waals surface area contributed by atoms with Gasteiger partial charge in [0.2, 0.25) is 5.91 Å². The highest BCUT2D eigenvalue weighted by molar-refractivity contribution is 5.85. The van der Waals surface area contributed by atoms with Crippen molar-refractivity contribution < 1.29 is 14.7 Å². The van der Waals surface area contributed by atoms with Crippen LogP contribution in [0.15, 0.2) is 24.3 Å². The molecule has 4 heteroatoms. The van der Waals surface area contributed by atoms with Crippen molar-refractivity contribution in [2.24, 2.45) is 0 Å². The molecule has 1 atom stereocenters. The monoisotopic (exact) mass is 247 g/mol. The predicted molar refractivity (Wildman–Crippen MR) is 67.3 cm³/mol. The molecule has 1 fully saturated rings. The number of carbonyl (C=O) groups excluding carboxylic acids is 1. The zero-order valence-electron chi connectivity index (χ0n) is 10.4. The molecule has 0 bridgehead atoms. The molecule has 1 heterocycles. The maximum atomic E-state index is 12.1. The largest absolute Gasteiger partial charge is 0.480 e. The highest BCUT2D eigenvalue weighted by atomic mass is 16.4. The van der Waals surface area contributed by atoms with E-state index in [-0.39, 0.29) is 12.3 Å². The van der Waals surface area contributed by atoms with E-state index in [0.29, 0.717) is 13.0 Å². The first-order chi connectivity index (χ1) is 8.58. The van der Waals surface area contributed by atoms with Crippen LogP contribution in [0.4, 0.5) is 0 Å². The summed E-state index contributed by atoms with van der Waals surface area (Å²) >= 11 is 0. The predicted octanol–water partition coefficient (Wildman–Crippen LogP) is 1.61. The molecule has 0 saturated carbocycles. The molecule has 0 spiro atoms. The molecule has 1 amide bonds. The van der Waals surface area contributed by atoms with Crippen molar-refractivity contribution in [2.45, 2.75) is 32.2 Å². The van der Waals surface area contributed by atoms with Crippen molar-refractivity contribution in [1.82, 2.24) is 4.90 Å². The summed E-state index contributed by atoms with van der Waals surface area (Å²) in [5, 5.41) is 9.05. The number of nitrogens with zero attached hydrogens (tertiary/aromatic N) is 1. The van der Waals surface area contributed by atoms with Gasteiger partial charge in [0.15, 0.2) is 0 Å². The van der Waals surface area contributed by atoms with Gasteiger partial charge in [0.05, 0.1) is 6.42 Å². The van der Waals surface area contributed by atoms with E-state index in [1.807, 2.05) is 31.2 Å². The lowest BCUT2D eigenvalue weighted by Gasteiger charge is -2.21. The zero-order valence-corrected chi connectivity index (χ0v) is 10.4. The fraction of sp³-hybridized carbons (Fsp3) is 0.429. The van der Waals surface area contributed by atoms with Gasteiger partial charge in [0.25, 0.3) is 0 Å². The molecular formula is C14H17NO3. The molecule has 18 heavy (non-hydrogen) atoms. The summed E-state index contributed by atoms with van der Waals surface area (Å²) < 4.78 is 0. The highest BCUT2D eigenvalue weighted by Gasteiger charge is 2.33. The first kappa shape index (κ1) is 12.6. The molecule has 1 saturated heterocycles. The summed E-state index contributed by atoms with van der Waals surface area (Å²) in [5.41, 5.74) is 2.05. The Balaban J connectivity index is 2.06. The number of carbonyl (C=O) groups is 2. The lowest BCUT2D eigenvalue weighted by atomic mass is 10.1. The Morgan fingerprint density at radius 2 is 2.22 bits per heavy atom. The molecule has 0 aliphatic carbocycles. The van der Waals surface area contributed by atoms with Crippen LogP contribution in [0.3, 0.4) is 0 Å². The lowest BCUT2D eigenvalue weighted by molar-refractivity contribution is -0.148. The van der Waals surface area contributed by atoms with Crippen LogP contribution in [0.1, 0.15) is 24.0 Å². The zero-order chi connectivity index (χ0) is 13.1. The Hall–Kier alpha value is -1.84. The number of carboxylic acids is 1. The summed E-state index contributed by atoms with van der Waals surface area (Å²) in [7, 11) is 0. The number of hydrogen-bond acceptors (Lipinski definition) is 2. The number of carboxylic acid groups (broad SMARTS) is 1. The maximum Gasteiger partial charge on any atom is 0.326 e. The van der Waals surface area contributed by atoms with Crippen LogP contribution in [-0.4, -0.2) is 34.5 Å². The van der Waals surface area contributed by atoms with E-state index in [9.17, 15) is 9.59 Å². The van der Waals surface area contributed by atoms with Crippen LogP contribution in [0, 0.1) is 6.92 Å². The molecule has 1 aliphatic heterocycles. The molecule has 0 aromatic heterocycles. The summed E-state index contributed by atoms with van der Waals surface area (Å²) in [4.78, 5) is 24.6. The molecule has 1 N–H and O–H groups in total. The Bertz CT molecular complexity index is 470. The Morgan fingerprint density at radius 3 is 2.89 bits per heavy atom. The number of likely N-dealkylation sites (tertiary alicyclic amines) is 1. The molecule has 1 aliphatic rings. The molecule has 96 valence electrons. The number of aryl methyl sites for hydroxylation is 1. The summed E-state index contributed by atoms with van der Waals surface area (Å²) in [5.74, 6) is -0.990. The third-order valence-corrected chi connectivity index (χ3v) is 3.30. The average molecular weight is 247 g/mol. The van der Waals surface area contributed by atoms with Crippen molar-refractivity contribution in [2.75, 3.05) is 6.54 Å². The van der Waals surface area contributed by atoms with Gasteiger partial charge in [-0.05, 0) is 25.3 Å². The maximum absolute atomic E-state index is 12.1. The molecule has 2 rings (SSSR count). The summed E-state index contributed by atoms with van der Waals surface area (Å²) in [6.45, 7) is 2.53. The van der Waals surface area contributed by atoms with Gasteiger partial charge in [-0.1, -0.05) is 29.8 Å². The van der Waals surface area contributed by atoms with Gasteiger partial charge in [-0.15, -0.1) is 0 Å². The van der Waals surface area contributed by atoms with Gasteiger partial charge >= 0.3 is 5.97 Å². The second-order valence-corrected chi connectivity index (χ2v) is 4.75. The normalized spacial score (nSPS) is 18.9. The second kappa shape index (κ2) is 5.21. The number of rotatable bonds is 3. The van der Waals surface area contributed by atoms with Gasteiger partial charge in [0.1, 0.15) is 6.04 Å². The second-order valence-electron chi connectivity index (χ2n) is 4.75. The lowest BCUT2D eigenvalue weighted by Crippen LogP contribution is -2.41. The first-order valence-electron chi connectivity index (χ1n) is 6.16. The van der Waals surface area contributed by atoms with Crippen molar-refractivity contribution >= 4 is 11.9 Å². The third-order valence-electron chi connectivity index (χ3n) is 3.30. The van der Waals surface area contributed by atoms with E-state index in [1.54, 1.807) is 0 Å².